The smallest absolute Gasteiger partial charge is 0.294 e. The van der Waals surface area contributed by atoms with E-state index in [1.807, 2.05) is 97.9 Å². The molecule has 0 aromatic heterocycles. The second-order valence-corrected chi connectivity index (χ2v) is 13.5. The third-order valence-corrected chi connectivity index (χ3v) is 9.52. The van der Waals surface area contributed by atoms with Crippen LogP contribution in [0.15, 0.2) is 131 Å². The Morgan fingerprint density at radius 3 is 2.04 bits per heavy atom. The van der Waals surface area contributed by atoms with Gasteiger partial charge in [-0.25, -0.2) is 0 Å². The van der Waals surface area contributed by atoms with Crippen molar-refractivity contribution in [3.8, 4) is 0 Å². The lowest BCUT2D eigenvalue weighted by atomic mass is 9.94. The maximum absolute atomic E-state index is 12.2. The number of nitrogens with zero attached hydrogens (tertiary/aromatic N) is 1. The van der Waals surface area contributed by atoms with Crippen molar-refractivity contribution in [2.75, 3.05) is 18.0 Å². The van der Waals surface area contributed by atoms with Gasteiger partial charge in [-0.2, -0.15) is 16.8 Å². The highest BCUT2D eigenvalue weighted by molar-refractivity contribution is 7.90. The summed E-state index contributed by atoms with van der Waals surface area (Å²) in [6.45, 7) is 3.32. The highest BCUT2D eigenvalue weighted by Crippen LogP contribution is 2.28. The SMILES string of the molecule is CCN(Cc1cccc(S(=O)(=O)O)c1)c1ccc(C(c2ccccc2)=c2ccc(=C3CC=C(CN)C=C3S(=O)(=O)O)cc2)cc1.O. The Labute approximate surface area is 269 Å². The maximum Gasteiger partial charge on any atom is 0.294 e. The average Bonchev–Trinajstić information content (AvgIpc) is 3.04. The standard InChI is InChI=1S/C35H34N2O6S2.H2O/c1-2-37(24-26-7-6-10-32(21-26)44(38,39)40)31-18-16-30(17-19-31)35(28-8-4-3-5-9-28)29-14-12-27(13-15-29)33-20-11-25(23-36)22-34(33)45(41,42)43;/h3-19,21-22H,2,20,23-24,36H2,1H3,(H,38,39,40)(H,41,42,43);1H2. The van der Waals surface area contributed by atoms with Gasteiger partial charge in [0.25, 0.3) is 20.2 Å². The van der Waals surface area contributed by atoms with E-state index in [2.05, 4.69) is 4.90 Å². The van der Waals surface area contributed by atoms with Gasteiger partial charge in [-0.05, 0) is 87.5 Å². The Kier molecular flexibility index (Phi) is 10.8. The molecule has 0 bridgehead atoms. The van der Waals surface area contributed by atoms with Crippen LogP contribution >= 0.6 is 0 Å². The number of benzene rings is 4. The van der Waals surface area contributed by atoms with E-state index in [1.165, 1.54) is 18.2 Å². The van der Waals surface area contributed by atoms with Crippen molar-refractivity contribution in [3.05, 3.63) is 153 Å². The van der Waals surface area contributed by atoms with Gasteiger partial charge in [0.05, 0.1) is 9.80 Å². The second kappa shape index (κ2) is 14.4. The molecule has 0 amide bonds. The monoisotopic (exact) mass is 660 g/mol. The molecule has 5 rings (SSSR count). The Bertz CT molecular complexity index is 2100. The number of hydrogen-bond acceptors (Lipinski definition) is 6. The first-order valence-electron chi connectivity index (χ1n) is 14.4. The summed E-state index contributed by atoms with van der Waals surface area (Å²) < 4.78 is 67.0. The van der Waals surface area contributed by atoms with Crippen molar-refractivity contribution in [2.45, 2.75) is 24.8 Å². The van der Waals surface area contributed by atoms with E-state index in [0.717, 1.165) is 33.2 Å². The van der Waals surface area contributed by atoms with Crippen molar-refractivity contribution < 1.29 is 31.4 Å². The minimum Gasteiger partial charge on any atom is -0.412 e. The van der Waals surface area contributed by atoms with Crippen molar-refractivity contribution in [1.82, 2.24) is 0 Å². The molecular weight excluding hydrogens is 625 g/mol. The van der Waals surface area contributed by atoms with E-state index in [4.69, 9.17) is 5.73 Å². The molecule has 4 aromatic rings. The zero-order valence-corrected chi connectivity index (χ0v) is 26.8. The Morgan fingerprint density at radius 2 is 1.46 bits per heavy atom. The molecule has 9 nitrogen and oxygen atoms in total. The second-order valence-electron chi connectivity index (χ2n) is 10.7. The summed E-state index contributed by atoms with van der Waals surface area (Å²) in [7, 11) is -8.73. The fraction of sp³-hybridized carbons (Fsp3) is 0.143. The number of nitrogens with two attached hydrogens (primary N) is 1. The van der Waals surface area contributed by atoms with Gasteiger partial charge in [0.1, 0.15) is 0 Å². The molecule has 0 heterocycles. The predicted molar refractivity (Wildman–Crippen MR) is 182 cm³/mol. The topological polar surface area (TPSA) is 169 Å². The van der Waals surface area contributed by atoms with Crippen LogP contribution in [0, 0.1) is 0 Å². The van der Waals surface area contributed by atoms with Gasteiger partial charge in [-0.15, -0.1) is 0 Å². The summed E-state index contributed by atoms with van der Waals surface area (Å²) in [6, 6.07) is 32.0. The molecule has 0 fully saturated rings. The van der Waals surface area contributed by atoms with Gasteiger partial charge in [-0.1, -0.05) is 84.9 Å². The van der Waals surface area contributed by atoms with E-state index in [9.17, 15) is 25.9 Å². The highest BCUT2D eigenvalue weighted by atomic mass is 32.2. The molecule has 0 radical (unpaired) electrons. The zero-order chi connectivity index (χ0) is 32.2. The van der Waals surface area contributed by atoms with Crippen LogP contribution < -0.4 is 21.1 Å². The van der Waals surface area contributed by atoms with Gasteiger partial charge in [0.15, 0.2) is 0 Å². The van der Waals surface area contributed by atoms with Crippen LogP contribution in [0.25, 0.3) is 11.1 Å². The summed E-state index contributed by atoms with van der Waals surface area (Å²) in [5.41, 5.74) is 11.5. The molecule has 4 aromatic carbocycles. The van der Waals surface area contributed by atoms with Gasteiger partial charge >= 0.3 is 0 Å². The quantitative estimate of drug-likeness (QED) is 0.229. The lowest BCUT2D eigenvalue weighted by Gasteiger charge is -2.24. The molecule has 46 heavy (non-hydrogen) atoms. The third-order valence-electron chi connectivity index (χ3n) is 7.75. The van der Waals surface area contributed by atoms with Crippen LogP contribution in [-0.4, -0.2) is 44.5 Å². The number of hydrogen-bond donors (Lipinski definition) is 3. The van der Waals surface area contributed by atoms with Crippen molar-refractivity contribution >= 4 is 37.1 Å². The largest absolute Gasteiger partial charge is 0.412 e. The fourth-order valence-electron chi connectivity index (χ4n) is 5.47. The molecule has 0 spiro atoms. The van der Waals surface area contributed by atoms with Crippen molar-refractivity contribution in [2.24, 2.45) is 5.73 Å². The summed E-state index contributed by atoms with van der Waals surface area (Å²) >= 11 is 0. The van der Waals surface area contributed by atoms with Gasteiger partial charge in [-0.3, -0.25) is 9.11 Å². The van der Waals surface area contributed by atoms with Gasteiger partial charge in [0.2, 0.25) is 0 Å². The van der Waals surface area contributed by atoms with Crippen LogP contribution in [0.4, 0.5) is 5.69 Å². The molecule has 0 saturated carbocycles. The van der Waals surface area contributed by atoms with Crippen LogP contribution in [0.3, 0.4) is 0 Å². The van der Waals surface area contributed by atoms with Crippen LogP contribution in [0.5, 0.6) is 0 Å². The van der Waals surface area contributed by atoms with Crippen LogP contribution in [-0.2, 0) is 26.8 Å². The molecule has 6 N–H and O–H groups in total. The minimum absolute atomic E-state index is 0. The van der Waals surface area contributed by atoms with E-state index < -0.39 is 20.2 Å². The average molecular weight is 661 g/mol. The first kappa shape index (κ1) is 34.5. The zero-order valence-electron chi connectivity index (χ0n) is 25.2. The lowest BCUT2D eigenvalue weighted by Crippen LogP contribution is -2.22. The molecule has 0 saturated heterocycles. The lowest BCUT2D eigenvalue weighted by molar-refractivity contribution is 0.482. The van der Waals surface area contributed by atoms with Crippen molar-refractivity contribution in [1.29, 1.82) is 0 Å². The number of anilines is 1. The molecule has 0 unspecified atom stereocenters. The maximum atomic E-state index is 12.2. The predicted octanol–water partition coefficient (Wildman–Crippen LogP) is 3.59. The van der Waals surface area contributed by atoms with Crippen LogP contribution in [0.1, 0.15) is 30.0 Å². The Hall–Kier alpha value is -4.36. The van der Waals surface area contributed by atoms with Gasteiger partial charge in [0, 0.05) is 25.3 Å². The summed E-state index contributed by atoms with van der Waals surface area (Å²) in [5, 5.41) is 1.62. The van der Waals surface area contributed by atoms with E-state index >= 15 is 0 Å². The Morgan fingerprint density at radius 1 is 0.804 bits per heavy atom. The molecule has 0 atom stereocenters. The summed E-state index contributed by atoms with van der Waals surface area (Å²) in [5.74, 6) is 0. The van der Waals surface area contributed by atoms with E-state index in [1.54, 1.807) is 6.07 Å². The highest BCUT2D eigenvalue weighted by Gasteiger charge is 2.22. The fourth-order valence-corrected chi connectivity index (χ4v) is 6.84. The third kappa shape index (κ3) is 7.88. The van der Waals surface area contributed by atoms with E-state index in [-0.39, 0.29) is 21.8 Å². The minimum atomic E-state index is -4.44. The van der Waals surface area contributed by atoms with Crippen molar-refractivity contribution in [3.63, 3.8) is 0 Å². The normalized spacial score (nSPS) is 13.3. The molecular formula is C35H36N2O7S2. The molecule has 240 valence electrons. The molecule has 11 heteroatoms. The molecule has 1 aliphatic rings. The molecule has 0 aliphatic heterocycles. The molecule has 1 aliphatic carbocycles. The first-order chi connectivity index (χ1) is 21.5. The summed E-state index contributed by atoms with van der Waals surface area (Å²) in [4.78, 5) is 1.84. The first-order valence-corrected chi connectivity index (χ1v) is 17.3. The Balaban J connectivity index is 0.00000480. The summed E-state index contributed by atoms with van der Waals surface area (Å²) in [6.07, 6.45) is 3.63. The number of rotatable bonds is 9. The van der Waals surface area contributed by atoms with E-state index in [0.29, 0.717) is 35.9 Å². The van der Waals surface area contributed by atoms with Gasteiger partial charge < -0.3 is 16.1 Å². The van der Waals surface area contributed by atoms with Crippen LogP contribution in [0.2, 0.25) is 0 Å². The number of allylic oxidation sites excluding steroid dienone is 2.